The molecule has 0 aromatic rings. The molecule has 0 aromatic carbocycles. The minimum Gasteiger partial charge on any atom is -0.163 e. The molecule has 0 N–H and O–H groups in total. The van der Waals surface area contributed by atoms with E-state index in [0.717, 1.165) is 5.70 Å². The highest BCUT2D eigenvalue weighted by Gasteiger charge is 2.18. The van der Waals surface area contributed by atoms with Gasteiger partial charge in [-0.25, -0.2) is 0 Å². The quantitative estimate of drug-likeness (QED) is 0.526. The third kappa shape index (κ3) is 1.84. The first kappa shape index (κ1) is 7.79. The second-order valence-corrected chi connectivity index (χ2v) is 3.82. The maximum absolute atomic E-state index is 3.95. The standard InChI is InChI=1S/C7H10N2S/c1-7(2,3)6-4-10-5-8-9-6/h4H,1-3H3. The Hall–Kier alpha value is -0.310. The second-order valence-electron chi connectivity index (χ2n) is 3.16. The Morgan fingerprint density at radius 2 is 2.20 bits per heavy atom. The molecule has 0 fully saturated rings. The molecule has 0 aliphatic carbocycles. The zero-order chi connectivity index (χ0) is 7.61. The van der Waals surface area contributed by atoms with Crippen LogP contribution in [0.3, 0.4) is 0 Å². The van der Waals surface area contributed by atoms with E-state index in [9.17, 15) is 0 Å². The smallest absolute Gasteiger partial charge is 0.163 e. The van der Waals surface area contributed by atoms with Crippen LogP contribution in [-0.2, 0) is 0 Å². The fourth-order valence-corrected chi connectivity index (χ4v) is 1.18. The molecule has 1 aliphatic rings. The Kier molecular flexibility index (Phi) is 2.14. The molecule has 0 atom stereocenters. The molecule has 2 nitrogen and oxygen atoms in total. The summed E-state index contributed by atoms with van der Waals surface area (Å²) in [5.41, 5.74) is 1.13. The summed E-state index contributed by atoms with van der Waals surface area (Å²) in [6.07, 6.45) is 0. The molecule has 1 heterocycles. The zero-order valence-corrected chi connectivity index (χ0v) is 7.20. The average Bonchev–Trinajstić information content (AvgIpc) is 1.88. The first-order chi connectivity index (χ1) is 4.61. The van der Waals surface area contributed by atoms with Crippen LogP contribution in [0, 0.1) is 11.3 Å². The molecule has 1 rings (SSSR count). The Morgan fingerprint density at radius 1 is 1.50 bits per heavy atom. The molecule has 0 bridgehead atoms. The van der Waals surface area contributed by atoms with Crippen LogP contribution in [0.25, 0.3) is 0 Å². The van der Waals surface area contributed by atoms with Gasteiger partial charge in [-0.15, -0.1) is 0 Å². The van der Waals surface area contributed by atoms with Crippen LogP contribution in [0.4, 0.5) is 0 Å². The van der Waals surface area contributed by atoms with E-state index in [4.69, 9.17) is 0 Å². The lowest BCUT2D eigenvalue weighted by Crippen LogP contribution is -2.07. The van der Waals surface area contributed by atoms with E-state index >= 15 is 0 Å². The Morgan fingerprint density at radius 3 is 2.50 bits per heavy atom. The molecule has 2 radical (unpaired) electrons. The lowest BCUT2D eigenvalue weighted by Gasteiger charge is -2.18. The van der Waals surface area contributed by atoms with Gasteiger partial charge < -0.3 is 0 Å². The van der Waals surface area contributed by atoms with E-state index in [2.05, 4.69) is 36.9 Å². The number of thioether (sulfide) groups is 1. The minimum atomic E-state index is 0.110. The maximum Gasteiger partial charge on any atom is 0.211 e. The normalized spacial score (nSPS) is 18.9. The summed E-state index contributed by atoms with van der Waals surface area (Å²) in [5.74, 6) is 2.69. The maximum atomic E-state index is 3.95. The van der Waals surface area contributed by atoms with Gasteiger partial charge in [-0.2, -0.15) is 10.2 Å². The largest absolute Gasteiger partial charge is 0.211 e. The monoisotopic (exact) mass is 154 g/mol. The molecule has 0 unspecified atom stereocenters. The van der Waals surface area contributed by atoms with Crippen molar-refractivity contribution in [3.05, 3.63) is 17.0 Å². The van der Waals surface area contributed by atoms with Gasteiger partial charge in [0.2, 0.25) is 5.88 Å². The summed E-state index contributed by atoms with van der Waals surface area (Å²) >= 11 is 1.46. The summed E-state index contributed by atoms with van der Waals surface area (Å²) in [4.78, 5) is 0. The van der Waals surface area contributed by atoms with E-state index in [1.165, 1.54) is 11.8 Å². The number of rotatable bonds is 0. The van der Waals surface area contributed by atoms with E-state index in [1.54, 1.807) is 0 Å². The lowest BCUT2D eigenvalue weighted by molar-refractivity contribution is 0.493. The highest BCUT2D eigenvalue weighted by Crippen LogP contribution is 2.32. The van der Waals surface area contributed by atoms with Crippen LogP contribution in [0.5, 0.6) is 0 Å². The van der Waals surface area contributed by atoms with Gasteiger partial charge in [0.25, 0.3) is 0 Å². The van der Waals surface area contributed by atoms with Crippen molar-refractivity contribution >= 4 is 11.8 Å². The van der Waals surface area contributed by atoms with Crippen LogP contribution >= 0.6 is 11.8 Å². The van der Waals surface area contributed by atoms with Crippen LogP contribution in [0.15, 0.2) is 21.3 Å². The third-order valence-electron chi connectivity index (χ3n) is 1.19. The van der Waals surface area contributed by atoms with E-state index in [0.29, 0.717) is 0 Å². The zero-order valence-electron chi connectivity index (χ0n) is 6.38. The second kappa shape index (κ2) is 2.74. The van der Waals surface area contributed by atoms with Gasteiger partial charge in [-0.3, -0.25) is 0 Å². The third-order valence-corrected chi connectivity index (χ3v) is 1.72. The van der Waals surface area contributed by atoms with Crippen molar-refractivity contribution in [2.45, 2.75) is 20.8 Å². The van der Waals surface area contributed by atoms with Crippen molar-refractivity contribution in [2.24, 2.45) is 15.6 Å². The summed E-state index contributed by atoms with van der Waals surface area (Å²) < 4.78 is 0. The molecular weight excluding hydrogens is 144 g/mol. The highest BCUT2D eigenvalue weighted by atomic mass is 32.2. The van der Waals surface area contributed by atoms with Gasteiger partial charge in [0.05, 0.1) is 5.70 Å². The van der Waals surface area contributed by atoms with Crippen molar-refractivity contribution in [2.75, 3.05) is 0 Å². The molecule has 0 saturated carbocycles. The number of allylic oxidation sites excluding steroid dienone is 1. The molecule has 0 saturated heterocycles. The molecule has 3 heteroatoms. The number of nitrogens with zero attached hydrogens (tertiary/aromatic N) is 2. The van der Waals surface area contributed by atoms with E-state index < -0.39 is 0 Å². The van der Waals surface area contributed by atoms with E-state index in [-0.39, 0.29) is 5.41 Å². The topological polar surface area (TPSA) is 24.7 Å². The van der Waals surface area contributed by atoms with Gasteiger partial charge in [-0.1, -0.05) is 32.5 Å². The molecule has 0 spiro atoms. The number of hydrogen-bond acceptors (Lipinski definition) is 3. The summed E-state index contributed by atoms with van der Waals surface area (Å²) in [7, 11) is 0. The van der Waals surface area contributed by atoms with Crippen LogP contribution in [-0.4, -0.2) is 0 Å². The Labute approximate surface area is 65.8 Å². The summed E-state index contributed by atoms with van der Waals surface area (Å²) in [6, 6.07) is 0. The molecule has 10 heavy (non-hydrogen) atoms. The van der Waals surface area contributed by atoms with Gasteiger partial charge in [-0.05, 0) is 5.41 Å². The summed E-state index contributed by atoms with van der Waals surface area (Å²) in [6.45, 7) is 6.34. The molecule has 1 aliphatic heterocycles. The van der Waals surface area contributed by atoms with Gasteiger partial charge in [0.1, 0.15) is 0 Å². The van der Waals surface area contributed by atoms with Crippen LogP contribution in [0.1, 0.15) is 20.8 Å². The lowest BCUT2D eigenvalue weighted by atomic mass is 9.93. The average molecular weight is 154 g/mol. The predicted octanol–water partition coefficient (Wildman–Crippen LogP) is 3.07. The Bertz CT molecular complexity index is 177. The van der Waals surface area contributed by atoms with Gasteiger partial charge in [0.15, 0.2) is 0 Å². The predicted molar refractivity (Wildman–Crippen MR) is 43.2 cm³/mol. The molecule has 0 amide bonds. The number of azo groups is 1. The van der Waals surface area contributed by atoms with Crippen LogP contribution in [0.2, 0.25) is 0 Å². The molecule has 54 valence electrons. The minimum absolute atomic E-state index is 0.110. The van der Waals surface area contributed by atoms with Crippen molar-refractivity contribution in [3.8, 4) is 0 Å². The van der Waals surface area contributed by atoms with Crippen LogP contribution < -0.4 is 0 Å². The van der Waals surface area contributed by atoms with Crippen molar-refractivity contribution in [1.29, 1.82) is 0 Å². The van der Waals surface area contributed by atoms with E-state index in [1.807, 2.05) is 5.41 Å². The first-order valence-electron chi connectivity index (χ1n) is 3.13. The Balaban J connectivity index is 2.73. The number of hydrogen-bond donors (Lipinski definition) is 0. The summed E-state index contributed by atoms with van der Waals surface area (Å²) in [5, 5.41) is 9.63. The fourth-order valence-electron chi connectivity index (χ4n) is 0.530. The van der Waals surface area contributed by atoms with Crippen molar-refractivity contribution < 1.29 is 0 Å². The van der Waals surface area contributed by atoms with Crippen molar-refractivity contribution in [1.82, 2.24) is 0 Å². The van der Waals surface area contributed by atoms with Gasteiger partial charge >= 0.3 is 0 Å². The molecule has 0 aromatic heterocycles. The van der Waals surface area contributed by atoms with Crippen molar-refractivity contribution in [3.63, 3.8) is 0 Å². The molecular formula is C7H10N2S. The fraction of sp³-hybridized carbons (Fsp3) is 0.571. The highest BCUT2D eigenvalue weighted by molar-refractivity contribution is 8.04. The first-order valence-corrected chi connectivity index (χ1v) is 4.01. The SMILES string of the molecule is CC(C)(C)C1=CS[C]N=N1. The van der Waals surface area contributed by atoms with Gasteiger partial charge in [0, 0.05) is 5.41 Å².